The van der Waals surface area contributed by atoms with Gasteiger partial charge < -0.3 is 5.11 Å². The van der Waals surface area contributed by atoms with Gasteiger partial charge in [-0.05, 0) is 38.9 Å². The zero-order valence-corrected chi connectivity index (χ0v) is 10.9. The van der Waals surface area contributed by atoms with E-state index in [1.54, 1.807) is 13.8 Å². The van der Waals surface area contributed by atoms with Gasteiger partial charge in [-0.2, -0.15) is 0 Å². The highest BCUT2D eigenvalue weighted by atomic mass is 19.1. The summed E-state index contributed by atoms with van der Waals surface area (Å²) in [4.78, 5) is 12.9. The van der Waals surface area contributed by atoms with Crippen molar-refractivity contribution in [2.45, 2.75) is 32.4 Å². The van der Waals surface area contributed by atoms with E-state index in [9.17, 15) is 13.6 Å². The molecule has 104 valence electrons. The summed E-state index contributed by atoms with van der Waals surface area (Å²) in [6.07, 6.45) is 0.511. The number of aliphatic carboxylic acids is 1. The average molecular weight is 269 g/mol. The van der Waals surface area contributed by atoms with Crippen LogP contribution in [0.25, 0.3) is 0 Å². The molecule has 0 spiro atoms. The molecule has 3 atom stereocenters. The molecule has 1 aliphatic heterocycles. The maximum atomic E-state index is 13.8. The van der Waals surface area contributed by atoms with Crippen LogP contribution >= 0.6 is 0 Å². The first-order valence-corrected chi connectivity index (χ1v) is 6.36. The maximum absolute atomic E-state index is 13.8. The Morgan fingerprint density at radius 1 is 1.42 bits per heavy atom. The molecule has 0 radical (unpaired) electrons. The summed E-state index contributed by atoms with van der Waals surface area (Å²) >= 11 is 0. The summed E-state index contributed by atoms with van der Waals surface area (Å²) in [5.41, 5.74) is 0.0142. The van der Waals surface area contributed by atoms with E-state index in [1.807, 2.05) is 4.90 Å². The van der Waals surface area contributed by atoms with Crippen LogP contribution in [0.3, 0.4) is 0 Å². The van der Waals surface area contributed by atoms with Crippen molar-refractivity contribution in [3.05, 3.63) is 35.4 Å². The standard InChI is InChI=1S/C14H17F2NO2/c1-8-10(14(18)19)6-7-17(8)9(2)13-11(15)4-3-5-12(13)16/h3-5,8-10H,6-7H2,1-2H3,(H,18,19). The molecule has 0 aromatic heterocycles. The number of carboxylic acid groups (broad SMARTS) is 1. The van der Waals surface area contributed by atoms with Gasteiger partial charge >= 0.3 is 5.97 Å². The second-order valence-electron chi connectivity index (χ2n) is 5.02. The van der Waals surface area contributed by atoms with E-state index >= 15 is 0 Å². The Morgan fingerprint density at radius 3 is 2.47 bits per heavy atom. The molecule has 1 N–H and O–H groups in total. The van der Waals surface area contributed by atoms with Crippen LogP contribution in [0.15, 0.2) is 18.2 Å². The highest BCUT2D eigenvalue weighted by Crippen LogP contribution is 2.34. The molecule has 1 aliphatic rings. The fraction of sp³-hybridized carbons (Fsp3) is 0.500. The minimum Gasteiger partial charge on any atom is -0.481 e. The molecule has 1 heterocycles. The monoisotopic (exact) mass is 269 g/mol. The van der Waals surface area contributed by atoms with Crippen LogP contribution in [0.1, 0.15) is 31.9 Å². The van der Waals surface area contributed by atoms with Crippen molar-refractivity contribution in [3.8, 4) is 0 Å². The van der Waals surface area contributed by atoms with Crippen LogP contribution in [-0.4, -0.2) is 28.6 Å². The van der Waals surface area contributed by atoms with Crippen molar-refractivity contribution in [2.24, 2.45) is 5.92 Å². The van der Waals surface area contributed by atoms with Crippen molar-refractivity contribution in [2.75, 3.05) is 6.54 Å². The second-order valence-corrected chi connectivity index (χ2v) is 5.02. The largest absolute Gasteiger partial charge is 0.481 e. The van der Waals surface area contributed by atoms with Crippen LogP contribution < -0.4 is 0 Å². The lowest BCUT2D eigenvalue weighted by molar-refractivity contribution is -0.142. The topological polar surface area (TPSA) is 40.5 Å². The Balaban J connectivity index is 2.26. The fourth-order valence-electron chi connectivity index (χ4n) is 2.92. The number of hydrogen-bond acceptors (Lipinski definition) is 2. The molecule has 0 amide bonds. The lowest BCUT2D eigenvalue weighted by atomic mass is 10.0. The van der Waals surface area contributed by atoms with Crippen molar-refractivity contribution >= 4 is 5.97 Å². The Labute approximate surface area is 110 Å². The van der Waals surface area contributed by atoms with Gasteiger partial charge in [-0.3, -0.25) is 9.69 Å². The van der Waals surface area contributed by atoms with Gasteiger partial charge in [0, 0.05) is 17.6 Å². The van der Waals surface area contributed by atoms with Crippen LogP contribution in [-0.2, 0) is 4.79 Å². The first kappa shape index (κ1) is 13.9. The number of benzene rings is 1. The fourth-order valence-corrected chi connectivity index (χ4v) is 2.92. The predicted octanol–water partition coefficient (Wildman–Crippen LogP) is 2.82. The zero-order valence-electron chi connectivity index (χ0n) is 10.9. The number of hydrogen-bond donors (Lipinski definition) is 1. The smallest absolute Gasteiger partial charge is 0.308 e. The van der Waals surface area contributed by atoms with Gasteiger partial charge in [0.1, 0.15) is 11.6 Å². The van der Waals surface area contributed by atoms with E-state index in [4.69, 9.17) is 5.11 Å². The number of likely N-dealkylation sites (tertiary alicyclic amines) is 1. The highest BCUT2D eigenvalue weighted by Gasteiger charge is 2.39. The lowest BCUT2D eigenvalue weighted by Gasteiger charge is -2.30. The molecular weight excluding hydrogens is 252 g/mol. The van der Waals surface area contributed by atoms with Gasteiger partial charge in [-0.1, -0.05) is 6.07 Å². The minimum absolute atomic E-state index is 0.0142. The Hall–Kier alpha value is -1.49. The first-order valence-electron chi connectivity index (χ1n) is 6.36. The molecule has 1 fully saturated rings. The summed E-state index contributed by atoms with van der Waals surface area (Å²) in [5.74, 6) is -2.49. The number of nitrogens with zero attached hydrogens (tertiary/aromatic N) is 1. The lowest BCUT2D eigenvalue weighted by Crippen LogP contribution is -2.35. The average Bonchev–Trinajstić information content (AvgIpc) is 2.70. The second kappa shape index (κ2) is 5.25. The predicted molar refractivity (Wildman–Crippen MR) is 66.7 cm³/mol. The molecule has 0 saturated carbocycles. The van der Waals surface area contributed by atoms with Crippen molar-refractivity contribution < 1.29 is 18.7 Å². The van der Waals surface area contributed by atoms with Crippen LogP contribution in [0.4, 0.5) is 8.78 Å². The van der Waals surface area contributed by atoms with Gasteiger partial charge in [-0.25, -0.2) is 8.78 Å². The molecule has 3 nitrogen and oxygen atoms in total. The van der Waals surface area contributed by atoms with Gasteiger partial charge in [0.2, 0.25) is 0 Å². The minimum atomic E-state index is -0.851. The van der Waals surface area contributed by atoms with E-state index in [1.165, 1.54) is 18.2 Å². The third-order valence-corrected chi connectivity index (χ3v) is 4.04. The van der Waals surface area contributed by atoms with Crippen LogP contribution in [0.2, 0.25) is 0 Å². The van der Waals surface area contributed by atoms with Crippen molar-refractivity contribution in [1.29, 1.82) is 0 Å². The summed E-state index contributed by atoms with van der Waals surface area (Å²) in [6, 6.07) is 3.08. The van der Waals surface area contributed by atoms with Crippen LogP contribution in [0.5, 0.6) is 0 Å². The number of carbonyl (C=O) groups is 1. The highest BCUT2D eigenvalue weighted by molar-refractivity contribution is 5.71. The van der Waals surface area contributed by atoms with E-state index in [0.29, 0.717) is 13.0 Å². The van der Waals surface area contributed by atoms with Crippen molar-refractivity contribution in [3.63, 3.8) is 0 Å². The molecule has 0 aliphatic carbocycles. The normalized spacial score (nSPS) is 25.5. The molecule has 2 rings (SSSR count). The molecule has 1 aromatic rings. The van der Waals surface area contributed by atoms with Gasteiger partial charge in [0.25, 0.3) is 0 Å². The summed E-state index contributed by atoms with van der Waals surface area (Å²) in [5, 5.41) is 9.09. The van der Waals surface area contributed by atoms with Gasteiger partial charge in [0.15, 0.2) is 0 Å². The number of carboxylic acids is 1. The van der Waals surface area contributed by atoms with E-state index < -0.39 is 29.6 Å². The van der Waals surface area contributed by atoms with Crippen molar-refractivity contribution in [1.82, 2.24) is 4.90 Å². The third-order valence-electron chi connectivity index (χ3n) is 4.04. The Morgan fingerprint density at radius 2 is 2.00 bits per heavy atom. The van der Waals surface area contributed by atoms with E-state index in [2.05, 4.69) is 0 Å². The van der Waals surface area contributed by atoms with E-state index in [-0.39, 0.29) is 11.6 Å². The molecule has 5 heteroatoms. The summed E-state index contributed by atoms with van der Waals surface area (Å²) in [7, 11) is 0. The van der Waals surface area contributed by atoms with E-state index in [0.717, 1.165) is 0 Å². The Kier molecular flexibility index (Phi) is 3.85. The number of rotatable bonds is 3. The molecule has 1 saturated heterocycles. The molecule has 19 heavy (non-hydrogen) atoms. The Bertz CT molecular complexity index is 472. The molecular formula is C14H17F2NO2. The van der Waals surface area contributed by atoms with Gasteiger partial charge in [0.05, 0.1) is 5.92 Å². The van der Waals surface area contributed by atoms with Gasteiger partial charge in [-0.15, -0.1) is 0 Å². The quantitative estimate of drug-likeness (QED) is 0.917. The molecule has 1 aromatic carbocycles. The first-order chi connectivity index (χ1) is 8.93. The molecule has 3 unspecified atom stereocenters. The van der Waals surface area contributed by atoms with Crippen LogP contribution in [0, 0.1) is 17.6 Å². The zero-order chi connectivity index (χ0) is 14.2. The SMILES string of the molecule is CC(c1c(F)cccc1F)N1CCC(C(=O)O)C1C. The summed E-state index contributed by atoms with van der Waals surface area (Å²) < 4.78 is 27.5. The number of halogens is 2. The molecule has 0 bridgehead atoms. The third kappa shape index (κ3) is 2.47. The summed E-state index contributed by atoms with van der Waals surface area (Å²) in [6.45, 7) is 4.04. The maximum Gasteiger partial charge on any atom is 0.308 e.